The Morgan fingerprint density at radius 3 is 2.61 bits per heavy atom. The minimum atomic E-state index is -0.676. The maximum Gasteiger partial charge on any atom is 0.340 e. The van der Waals surface area contributed by atoms with Crippen molar-refractivity contribution in [2.24, 2.45) is 5.73 Å². The van der Waals surface area contributed by atoms with Crippen LogP contribution in [0.3, 0.4) is 0 Å². The third-order valence-corrected chi connectivity index (χ3v) is 5.46. The Morgan fingerprint density at radius 1 is 1.16 bits per heavy atom. The van der Waals surface area contributed by atoms with Gasteiger partial charge in [0.15, 0.2) is 5.78 Å². The minimum Gasteiger partial charge on any atom is -0.489 e. The minimum absolute atomic E-state index is 0.0508. The molecule has 0 saturated carbocycles. The first-order chi connectivity index (χ1) is 15.0. The molecule has 1 aliphatic heterocycles. The van der Waals surface area contributed by atoms with Crippen LogP contribution in [0.2, 0.25) is 0 Å². The van der Waals surface area contributed by atoms with E-state index in [1.54, 1.807) is 42.5 Å². The van der Waals surface area contributed by atoms with Gasteiger partial charge in [0.2, 0.25) is 5.88 Å². The Balaban J connectivity index is 1.64. The van der Waals surface area contributed by atoms with Crippen molar-refractivity contribution in [1.29, 1.82) is 0 Å². The quantitative estimate of drug-likeness (QED) is 0.735. The second-order valence-electron chi connectivity index (χ2n) is 7.37. The van der Waals surface area contributed by atoms with E-state index >= 15 is 0 Å². The fourth-order valence-corrected chi connectivity index (χ4v) is 3.93. The molecule has 0 fully saturated rings. The number of hydrogen-bond acceptors (Lipinski definition) is 6. The molecule has 0 radical (unpaired) electrons. The molecule has 2 aromatic rings. The molecule has 6 nitrogen and oxygen atoms in total. The molecule has 1 atom stereocenters. The van der Waals surface area contributed by atoms with Gasteiger partial charge in [0.25, 0.3) is 0 Å². The number of ether oxygens (including phenoxy) is 3. The van der Waals surface area contributed by atoms with Gasteiger partial charge in [-0.2, -0.15) is 0 Å². The number of hydrogen-bond donors (Lipinski definition) is 1. The summed E-state index contributed by atoms with van der Waals surface area (Å²) in [5.41, 5.74) is 7.73. The number of carbonyl (C=O) groups excluding carboxylic acids is 2. The zero-order valence-corrected chi connectivity index (χ0v) is 17.0. The average Bonchev–Trinajstić information content (AvgIpc) is 2.78. The van der Waals surface area contributed by atoms with Crippen LogP contribution in [0, 0.1) is 5.82 Å². The molecule has 2 aliphatic rings. The van der Waals surface area contributed by atoms with Crippen LogP contribution >= 0.6 is 0 Å². The van der Waals surface area contributed by atoms with E-state index < -0.39 is 11.9 Å². The summed E-state index contributed by atoms with van der Waals surface area (Å²) in [4.78, 5) is 25.2. The van der Waals surface area contributed by atoms with E-state index in [1.165, 1.54) is 13.2 Å². The third-order valence-electron chi connectivity index (χ3n) is 5.46. The van der Waals surface area contributed by atoms with Crippen LogP contribution in [0.1, 0.15) is 36.3 Å². The van der Waals surface area contributed by atoms with Gasteiger partial charge in [0, 0.05) is 24.0 Å². The van der Waals surface area contributed by atoms with E-state index in [1.807, 2.05) is 0 Å². The average molecular weight is 423 g/mol. The summed E-state index contributed by atoms with van der Waals surface area (Å²) in [5, 5.41) is 0. The molecule has 0 unspecified atom stereocenters. The van der Waals surface area contributed by atoms with Crippen LogP contribution in [-0.4, -0.2) is 18.9 Å². The topological polar surface area (TPSA) is 87.9 Å². The van der Waals surface area contributed by atoms with Crippen LogP contribution < -0.4 is 10.5 Å². The number of halogens is 1. The molecule has 0 amide bonds. The zero-order valence-electron chi connectivity index (χ0n) is 17.0. The van der Waals surface area contributed by atoms with E-state index in [4.69, 9.17) is 19.9 Å². The Morgan fingerprint density at radius 2 is 1.90 bits per heavy atom. The van der Waals surface area contributed by atoms with Crippen LogP contribution in [0.25, 0.3) is 0 Å². The van der Waals surface area contributed by atoms with Crippen molar-refractivity contribution < 1.29 is 28.2 Å². The standard InChI is InChI=1S/C24H22FNO5/c1-29-24(28)22-20(21-18(27)7-4-8-19(21)31-23(22)26)14-9-11-16(12-10-14)30-13-15-5-2-3-6-17(15)25/h2-3,5-6,9-12,20H,4,7-8,13,26H2,1H3/t20-/m1/s1. The fourth-order valence-electron chi connectivity index (χ4n) is 3.93. The van der Waals surface area contributed by atoms with Crippen molar-refractivity contribution in [1.82, 2.24) is 0 Å². The third kappa shape index (κ3) is 4.03. The highest BCUT2D eigenvalue weighted by Crippen LogP contribution is 2.44. The summed E-state index contributed by atoms with van der Waals surface area (Å²) in [6.45, 7) is 0.0807. The molecule has 1 heterocycles. The van der Waals surface area contributed by atoms with Crippen molar-refractivity contribution in [3.63, 3.8) is 0 Å². The van der Waals surface area contributed by atoms with E-state index in [2.05, 4.69) is 0 Å². The summed E-state index contributed by atoms with van der Waals surface area (Å²) in [5.74, 6) is -0.742. The summed E-state index contributed by atoms with van der Waals surface area (Å²) in [6, 6.07) is 13.3. The van der Waals surface area contributed by atoms with Crippen molar-refractivity contribution in [2.45, 2.75) is 31.8 Å². The predicted molar refractivity (Wildman–Crippen MR) is 110 cm³/mol. The SMILES string of the molecule is COC(=O)C1=C(N)OC2=C(C(=O)CCC2)[C@H]1c1ccc(OCc2ccccc2F)cc1. The van der Waals surface area contributed by atoms with Gasteiger partial charge in [-0.3, -0.25) is 4.79 Å². The second kappa shape index (κ2) is 8.63. The number of benzene rings is 2. The second-order valence-corrected chi connectivity index (χ2v) is 7.37. The number of Topliss-reactive ketones (excluding diaryl/α,β-unsaturated/α-hetero) is 1. The van der Waals surface area contributed by atoms with Crippen LogP contribution in [0.5, 0.6) is 5.75 Å². The Bertz CT molecular complexity index is 1090. The lowest BCUT2D eigenvalue weighted by atomic mass is 9.77. The highest BCUT2D eigenvalue weighted by atomic mass is 19.1. The van der Waals surface area contributed by atoms with E-state index in [9.17, 15) is 14.0 Å². The largest absolute Gasteiger partial charge is 0.489 e. The van der Waals surface area contributed by atoms with Gasteiger partial charge in [-0.05, 0) is 30.2 Å². The number of methoxy groups -OCH3 is 1. The molecule has 0 spiro atoms. The van der Waals surface area contributed by atoms with Gasteiger partial charge in [-0.15, -0.1) is 0 Å². The number of allylic oxidation sites excluding steroid dienone is 2. The molecule has 31 heavy (non-hydrogen) atoms. The summed E-state index contributed by atoms with van der Waals surface area (Å²) in [6.07, 6.45) is 1.64. The molecule has 1 aliphatic carbocycles. The van der Waals surface area contributed by atoms with Gasteiger partial charge in [0.1, 0.15) is 29.5 Å². The summed E-state index contributed by atoms with van der Waals surface area (Å²) >= 11 is 0. The van der Waals surface area contributed by atoms with Crippen LogP contribution in [0.15, 0.2) is 71.3 Å². The number of esters is 1. The summed E-state index contributed by atoms with van der Waals surface area (Å²) in [7, 11) is 1.26. The Labute approximate surface area is 179 Å². The number of ketones is 1. The normalized spacial score (nSPS) is 18.4. The molecule has 0 aromatic heterocycles. The lowest BCUT2D eigenvalue weighted by Crippen LogP contribution is -2.31. The maximum atomic E-state index is 13.8. The first kappa shape index (κ1) is 20.7. The van der Waals surface area contributed by atoms with Crippen molar-refractivity contribution in [2.75, 3.05) is 7.11 Å². The van der Waals surface area contributed by atoms with Gasteiger partial charge < -0.3 is 19.9 Å². The van der Waals surface area contributed by atoms with Crippen LogP contribution in [0.4, 0.5) is 4.39 Å². The first-order valence-corrected chi connectivity index (χ1v) is 9.97. The molecule has 0 saturated heterocycles. The Hall–Kier alpha value is -3.61. The van der Waals surface area contributed by atoms with E-state index in [0.717, 1.165) is 0 Å². The predicted octanol–water partition coefficient (Wildman–Crippen LogP) is 3.87. The van der Waals surface area contributed by atoms with Crippen molar-refractivity contribution in [3.05, 3.63) is 88.3 Å². The first-order valence-electron chi connectivity index (χ1n) is 9.97. The van der Waals surface area contributed by atoms with Gasteiger partial charge in [-0.25, -0.2) is 9.18 Å². The van der Waals surface area contributed by atoms with Crippen molar-refractivity contribution in [3.8, 4) is 5.75 Å². The van der Waals surface area contributed by atoms with Gasteiger partial charge in [-0.1, -0.05) is 30.3 Å². The number of nitrogens with two attached hydrogens (primary N) is 1. The van der Waals surface area contributed by atoms with Gasteiger partial charge >= 0.3 is 5.97 Å². The lowest BCUT2D eigenvalue weighted by Gasteiger charge is -2.32. The molecule has 0 bridgehead atoms. The fraction of sp³-hybridized carbons (Fsp3) is 0.250. The smallest absolute Gasteiger partial charge is 0.340 e. The zero-order chi connectivity index (χ0) is 22.0. The Kier molecular flexibility index (Phi) is 5.75. The van der Waals surface area contributed by atoms with Crippen LogP contribution in [-0.2, 0) is 25.7 Å². The van der Waals surface area contributed by atoms with E-state index in [-0.39, 0.29) is 29.7 Å². The monoisotopic (exact) mass is 423 g/mol. The highest BCUT2D eigenvalue weighted by Gasteiger charge is 2.41. The summed E-state index contributed by atoms with van der Waals surface area (Å²) < 4.78 is 30.0. The maximum absolute atomic E-state index is 13.8. The number of carbonyl (C=O) groups is 2. The molecule has 7 heteroatoms. The van der Waals surface area contributed by atoms with E-state index in [0.29, 0.717) is 47.5 Å². The molecule has 160 valence electrons. The van der Waals surface area contributed by atoms with Crippen molar-refractivity contribution >= 4 is 11.8 Å². The molecular formula is C24H22FNO5. The molecular weight excluding hydrogens is 401 g/mol. The lowest BCUT2D eigenvalue weighted by molar-refractivity contribution is -0.136. The molecule has 4 rings (SSSR count). The highest BCUT2D eigenvalue weighted by molar-refractivity contribution is 6.03. The van der Waals surface area contributed by atoms with Gasteiger partial charge in [0.05, 0.1) is 13.0 Å². The molecule has 2 aromatic carbocycles. The molecule has 2 N–H and O–H groups in total. The number of rotatable bonds is 5.